The molecule has 0 aromatic rings. The van der Waals surface area contributed by atoms with Gasteiger partial charge in [0.2, 0.25) is 5.91 Å². The molecule has 6 heteroatoms. The molecule has 0 aromatic heterocycles. The summed E-state index contributed by atoms with van der Waals surface area (Å²) >= 11 is 1.92. The molecule has 0 bridgehead atoms. The largest absolute Gasteiger partial charge is 0.444 e. The number of carbonyl (C=O) groups excluding carboxylic acids is 2. The van der Waals surface area contributed by atoms with Crippen LogP contribution in [0.1, 0.15) is 40.0 Å². The lowest BCUT2D eigenvalue weighted by Crippen LogP contribution is -2.43. The summed E-state index contributed by atoms with van der Waals surface area (Å²) < 4.78 is 5.40. The van der Waals surface area contributed by atoms with E-state index in [-0.39, 0.29) is 12.0 Å². The van der Waals surface area contributed by atoms with Gasteiger partial charge in [-0.15, -0.1) is 0 Å². The maximum atomic E-state index is 12.3. The van der Waals surface area contributed by atoms with Crippen LogP contribution in [0, 0.1) is 5.92 Å². The highest BCUT2D eigenvalue weighted by atomic mass is 32.2. The van der Waals surface area contributed by atoms with Crippen LogP contribution in [-0.4, -0.2) is 65.1 Å². The minimum Gasteiger partial charge on any atom is -0.444 e. The molecule has 2 heterocycles. The minimum atomic E-state index is -0.448. The first kappa shape index (κ1) is 17.4. The van der Waals surface area contributed by atoms with E-state index >= 15 is 0 Å². The van der Waals surface area contributed by atoms with Gasteiger partial charge in [0.25, 0.3) is 0 Å². The summed E-state index contributed by atoms with van der Waals surface area (Å²) in [7, 11) is 0. The second-order valence-corrected chi connectivity index (χ2v) is 8.33. The van der Waals surface area contributed by atoms with Gasteiger partial charge in [0.1, 0.15) is 5.60 Å². The average Bonchev–Trinajstić information content (AvgIpc) is 2.47. The summed E-state index contributed by atoms with van der Waals surface area (Å²) in [6.07, 6.45) is 2.19. The number of amides is 2. The monoisotopic (exact) mass is 328 g/mol. The zero-order chi connectivity index (χ0) is 16.2. The van der Waals surface area contributed by atoms with Gasteiger partial charge in [0, 0.05) is 44.1 Å². The van der Waals surface area contributed by atoms with Crippen LogP contribution in [0.25, 0.3) is 0 Å². The van der Waals surface area contributed by atoms with E-state index in [1.807, 2.05) is 37.4 Å². The third-order valence-corrected chi connectivity index (χ3v) is 5.04. The highest BCUT2D eigenvalue weighted by Crippen LogP contribution is 2.23. The number of ether oxygens (including phenoxy) is 1. The molecular weight excluding hydrogens is 300 g/mol. The second-order valence-electron chi connectivity index (χ2n) is 7.11. The van der Waals surface area contributed by atoms with Crippen LogP contribution in [-0.2, 0) is 9.53 Å². The van der Waals surface area contributed by atoms with E-state index in [1.54, 1.807) is 4.90 Å². The van der Waals surface area contributed by atoms with Crippen molar-refractivity contribution in [3.05, 3.63) is 0 Å². The molecule has 0 atom stereocenters. The van der Waals surface area contributed by atoms with Crippen LogP contribution in [0.5, 0.6) is 0 Å². The third-order valence-electron chi connectivity index (χ3n) is 4.09. The first-order chi connectivity index (χ1) is 10.3. The zero-order valence-corrected chi connectivity index (χ0v) is 14.8. The van der Waals surface area contributed by atoms with E-state index in [9.17, 15) is 9.59 Å². The first-order valence-electron chi connectivity index (χ1n) is 8.18. The van der Waals surface area contributed by atoms with Gasteiger partial charge in [0.15, 0.2) is 0 Å². The smallest absolute Gasteiger partial charge is 0.410 e. The van der Waals surface area contributed by atoms with Crippen molar-refractivity contribution in [1.82, 2.24) is 9.80 Å². The van der Waals surface area contributed by atoms with E-state index in [0.29, 0.717) is 25.4 Å². The Morgan fingerprint density at radius 1 is 1.05 bits per heavy atom. The summed E-state index contributed by atoms with van der Waals surface area (Å²) in [5, 5.41) is 0. The summed E-state index contributed by atoms with van der Waals surface area (Å²) in [5.74, 6) is 2.81. The van der Waals surface area contributed by atoms with Gasteiger partial charge in [-0.3, -0.25) is 4.79 Å². The number of thioether (sulfide) groups is 1. The lowest BCUT2D eigenvalue weighted by molar-refractivity contribution is -0.132. The number of nitrogens with zero attached hydrogens (tertiary/aromatic N) is 2. The van der Waals surface area contributed by atoms with E-state index in [2.05, 4.69) is 0 Å². The normalized spacial score (nSPS) is 20.9. The average molecular weight is 328 g/mol. The summed E-state index contributed by atoms with van der Waals surface area (Å²) in [6, 6.07) is 0. The van der Waals surface area contributed by atoms with Crippen molar-refractivity contribution in [3.63, 3.8) is 0 Å². The summed E-state index contributed by atoms with van der Waals surface area (Å²) in [4.78, 5) is 28.1. The van der Waals surface area contributed by atoms with Crippen molar-refractivity contribution in [2.24, 2.45) is 5.92 Å². The third kappa shape index (κ3) is 5.38. The number of likely N-dealkylation sites (tertiary alicyclic amines) is 1. The van der Waals surface area contributed by atoms with E-state index in [1.165, 1.54) is 0 Å². The topological polar surface area (TPSA) is 49.9 Å². The molecule has 2 rings (SSSR count). The fourth-order valence-electron chi connectivity index (χ4n) is 2.83. The predicted molar refractivity (Wildman–Crippen MR) is 89.1 cm³/mol. The fraction of sp³-hybridized carbons (Fsp3) is 0.875. The molecule has 0 spiro atoms. The van der Waals surface area contributed by atoms with E-state index in [0.717, 1.165) is 37.4 Å². The number of hydrogen-bond acceptors (Lipinski definition) is 4. The van der Waals surface area contributed by atoms with Gasteiger partial charge in [-0.2, -0.15) is 11.8 Å². The highest BCUT2D eigenvalue weighted by Gasteiger charge is 2.29. The van der Waals surface area contributed by atoms with Crippen LogP contribution < -0.4 is 0 Å². The predicted octanol–water partition coefficient (Wildman–Crippen LogP) is 2.60. The van der Waals surface area contributed by atoms with Crippen LogP contribution >= 0.6 is 11.8 Å². The molecule has 2 aliphatic rings. The van der Waals surface area contributed by atoms with Crippen molar-refractivity contribution in [1.29, 1.82) is 0 Å². The molecule has 2 amide bonds. The number of rotatable bonds is 2. The Kier molecular flexibility index (Phi) is 6.01. The summed E-state index contributed by atoms with van der Waals surface area (Å²) in [5.41, 5.74) is -0.448. The quantitative estimate of drug-likeness (QED) is 0.782. The molecule has 2 aliphatic heterocycles. The SMILES string of the molecule is CC(C)(C)OC(=O)N1CCC(CC(=O)N2CCSCC2)CC1. The molecule has 0 aromatic carbocycles. The summed E-state index contributed by atoms with van der Waals surface area (Å²) in [6.45, 7) is 8.82. The standard InChI is InChI=1S/C16H28N2O3S/c1-16(2,3)21-15(20)18-6-4-13(5-7-18)12-14(19)17-8-10-22-11-9-17/h13H,4-12H2,1-3H3. The van der Waals surface area contributed by atoms with Gasteiger partial charge in [-0.1, -0.05) is 0 Å². The van der Waals surface area contributed by atoms with Crippen LogP contribution in [0.2, 0.25) is 0 Å². The Balaban J connectivity index is 1.72. The van der Waals surface area contributed by atoms with Crippen molar-refractivity contribution >= 4 is 23.8 Å². The van der Waals surface area contributed by atoms with Crippen LogP contribution in [0.15, 0.2) is 0 Å². The van der Waals surface area contributed by atoms with Crippen molar-refractivity contribution in [3.8, 4) is 0 Å². The first-order valence-corrected chi connectivity index (χ1v) is 9.34. The Hall–Kier alpha value is -0.910. The molecule has 126 valence electrons. The fourth-order valence-corrected chi connectivity index (χ4v) is 3.74. The Morgan fingerprint density at radius 3 is 2.18 bits per heavy atom. The molecule has 0 saturated carbocycles. The van der Waals surface area contributed by atoms with Gasteiger partial charge in [-0.25, -0.2) is 4.79 Å². The molecule has 0 radical (unpaired) electrons. The number of carbonyl (C=O) groups is 2. The molecule has 0 unspecified atom stereocenters. The molecule has 0 N–H and O–H groups in total. The minimum absolute atomic E-state index is 0.231. The van der Waals surface area contributed by atoms with Gasteiger partial charge < -0.3 is 14.5 Å². The molecule has 2 saturated heterocycles. The Bertz CT molecular complexity index is 395. The molecule has 22 heavy (non-hydrogen) atoms. The van der Waals surface area contributed by atoms with Crippen molar-refractivity contribution < 1.29 is 14.3 Å². The maximum absolute atomic E-state index is 12.3. The molecule has 0 aliphatic carbocycles. The molecular formula is C16H28N2O3S. The van der Waals surface area contributed by atoms with Gasteiger partial charge in [0.05, 0.1) is 0 Å². The molecule has 2 fully saturated rings. The van der Waals surface area contributed by atoms with Crippen molar-refractivity contribution in [2.45, 2.75) is 45.6 Å². The zero-order valence-electron chi connectivity index (χ0n) is 14.0. The van der Waals surface area contributed by atoms with Crippen molar-refractivity contribution in [2.75, 3.05) is 37.7 Å². The Labute approximate surface area is 137 Å². The Morgan fingerprint density at radius 2 is 1.64 bits per heavy atom. The van der Waals surface area contributed by atoms with Crippen LogP contribution in [0.4, 0.5) is 4.79 Å². The second kappa shape index (κ2) is 7.57. The van der Waals surface area contributed by atoms with Crippen LogP contribution in [0.3, 0.4) is 0 Å². The van der Waals surface area contributed by atoms with E-state index < -0.39 is 5.60 Å². The number of piperidine rings is 1. The molecule has 5 nitrogen and oxygen atoms in total. The number of hydrogen-bond donors (Lipinski definition) is 0. The lowest BCUT2D eigenvalue weighted by atomic mass is 9.93. The van der Waals surface area contributed by atoms with Gasteiger partial charge in [-0.05, 0) is 39.5 Å². The maximum Gasteiger partial charge on any atom is 0.410 e. The lowest BCUT2D eigenvalue weighted by Gasteiger charge is -2.34. The highest BCUT2D eigenvalue weighted by molar-refractivity contribution is 7.99. The van der Waals surface area contributed by atoms with E-state index in [4.69, 9.17) is 4.74 Å². The van der Waals surface area contributed by atoms with Gasteiger partial charge >= 0.3 is 6.09 Å².